The molecule has 0 aliphatic carbocycles. The van der Waals surface area contributed by atoms with Gasteiger partial charge in [0.15, 0.2) is 0 Å². The summed E-state index contributed by atoms with van der Waals surface area (Å²) < 4.78 is 5.22. The van der Waals surface area contributed by atoms with Crippen molar-refractivity contribution in [2.24, 2.45) is 0 Å². The first-order valence-corrected chi connectivity index (χ1v) is 9.49. The van der Waals surface area contributed by atoms with Crippen molar-refractivity contribution >= 4 is 16.8 Å². The first kappa shape index (κ1) is 18.6. The molecule has 2 aromatic heterocycles. The van der Waals surface area contributed by atoms with Gasteiger partial charge >= 0.3 is 0 Å². The molecule has 146 valence electrons. The molecule has 3 heterocycles. The maximum Gasteiger partial charge on any atom is 0.251 e. The van der Waals surface area contributed by atoms with E-state index < -0.39 is 6.10 Å². The number of aromatic nitrogens is 2. The first-order valence-electron chi connectivity index (χ1n) is 9.49. The molecule has 0 radical (unpaired) electrons. The molecule has 0 saturated carbocycles. The van der Waals surface area contributed by atoms with E-state index in [4.69, 9.17) is 4.52 Å². The molecule has 0 bridgehead atoms. The van der Waals surface area contributed by atoms with Gasteiger partial charge in [-0.2, -0.15) is 0 Å². The number of nitrogens with zero attached hydrogens (tertiary/aromatic N) is 3. The van der Waals surface area contributed by atoms with Crippen LogP contribution in [0.4, 0.5) is 0 Å². The summed E-state index contributed by atoms with van der Waals surface area (Å²) in [6, 6.07) is 8.95. The molecule has 0 unspecified atom stereocenters. The summed E-state index contributed by atoms with van der Waals surface area (Å²) in [4.78, 5) is 19.1. The molecule has 1 aliphatic heterocycles. The highest BCUT2D eigenvalue weighted by molar-refractivity contribution is 5.98. The van der Waals surface area contributed by atoms with Gasteiger partial charge in [-0.25, -0.2) is 0 Å². The van der Waals surface area contributed by atoms with E-state index in [1.54, 1.807) is 12.3 Å². The number of pyridine rings is 1. The predicted octanol–water partition coefficient (Wildman–Crippen LogP) is 2.20. The van der Waals surface area contributed by atoms with Crippen LogP contribution in [-0.2, 0) is 6.54 Å². The number of nitrogens with one attached hydrogen (secondary N) is 1. The van der Waals surface area contributed by atoms with Gasteiger partial charge < -0.3 is 14.9 Å². The van der Waals surface area contributed by atoms with Crippen molar-refractivity contribution in [3.63, 3.8) is 0 Å². The molecule has 2 N–H and O–H groups in total. The minimum absolute atomic E-state index is 0.172. The summed E-state index contributed by atoms with van der Waals surface area (Å²) in [6.07, 6.45) is 1.79. The van der Waals surface area contributed by atoms with E-state index >= 15 is 0 Å². The van der Waals surface area contributed by atoms with Gasteiger partial charge in [0, 0.05) is 42.3 Å². The molecular weight excluding hydrogens is 356 g/mol. The lowest BCUT2D eigenvalue weighted by atomic mass is 10.00. The van der Waals surface area contributed by atoms with Crippen LogP contribution < -0.4 is 5.32 Å². The van der Waals surface area contributed by atoms with E-state index in [1.807, 2.05) is 38.1 Å². The van der Waals surface area contributed by atoms with Crippen LogP contribution in [0.5, 0.6) is 0 Å². The number of fused-ring (bicyclic) bond motifs is 1. The van der Waals surface area contributed by atoms with Gasteiger partial charge in [-0.3, -0.25) is 14.7 Å². The van der Waals surface area contributed by atoms with Crippen molar-refractivity contribution in [1.29, 1.82) is 0 Å². The summed E-state index contributed by atoms with van der Waals surface area (Å²) in [7, 11) is 0. The summed E-state index contributed by atoms with van der Waals surface area (Å²) >= 11 is 0. The van der Waals surface area contributed by atoms with E-state index in [0.29, 0.717) is 25.1 Å². The van der Waals surface area contributed by atoms with Crippen molar-refractivity contribution < 1.29 is 14.4 Å². The summed E-state index contributed by atoms with van der Waals surface area (Å²) in [6.45, 7) is 5.80. The van der Waals surface area contributed by atoms with E-state index in [9.17, 15) is 9.90 Å². The predicted molar refractivity (Wildman–Crippen MR) is 105 cm³/mol. The van der Waals surface area contributed by atoms with E-state index in [2.05, 4.69) is 20.4 Å². The highest BCUT2D eigenvalue weighted by Gasteiger charge is 2.30. The zero-order valence-corrected chi connectivity index (χ0v) is 16.1. The van der Waals surface area contributed by atoms with Gasteiger partial charge in [0.2, 0.25) is 0 Å². The van der Waals surface area contributed by atoms with E-state index in [1.165, 1.54) is 0 Å². The molecular formula is C21H24N4O3. The number of carbonyl (C=O) groups is 1. The number of amides is 1. The number of rotatable bonds is 4. The highest BCUT2D eigenvalue weighted by Crippen LogP contribution is 2.20. The van der Waals surface area contributed by atoms with Crippen LogP contribution in [0.2, 0.25) is 0 Å². The Kier molecular flexibility index (Phi) is 5.11. The number of β-amino-alcohol motifs (C(OH)–C–C–N with tert-alkyl or cyclic N) is 1. The zero-order valence-electron chi connectivity index (χ0n) is 16.1. The molecule has 1 saturated heterocycles. The Morgan fingerprint density at radius 3 is 2.96 bits per heavy atom. The van der Waals surface area contributed by atoms with Gasteiger partial charge in [-0.1, -0.05) is 11.2 Å². The number of aryl methyl sites for hydroxylation is 2. The molecule has 1 fully saturated rings. The Labute approximate surface area is 163 Å². The third-order valence-electron chi connectivity index (χ3n) is 5.41. The standard InChI is InChI=1S/C21H24N4O3/c1-13-17(14(2)28-24-13)11-25-9-7-19(20(26)12-25)23-21(27)16-5-6-18-15(10-16)4-3-8-22-18/h3-6,8,10,19-20,26H,7,9,11-12H2,1-2H3,(H,23,27)/t19-,20-/m1/s1. The fourth-order valence-electron chi connectivity index (χ4n) is 3.73. The molecule has 2 atom stereocenters. The molecule has 0 spiro atoms. The Balaban J connectivity index is 1.38. The van der Waals surface area contributed by atoms with Crippen LogP contribution >= 0.6 is 0 Å². The summed E-state index contributed by atoms with van der Waals surface area (Å²) in [5.41, 5.74) is 3.38. The van der Waals surface area contributed by atoms with Crippen LogP contribution in [0.1, 0.15) is 33.8 Å². The molecule has 28 heavy (non-hydrogen) atoms. The highest BCUT2D eigenvalue weighted by atomic mass is 16.5. The normalized spacial score (nSPS) is 20.4. The third kappa shape index (κ3) is 3.76. The molecule has 7 nitrogen and oxygen atoms in total. The van der Waals surface area contributed by atoms with Crippen LogP contribution in [0, 0.1) is 13.8 Å². The maximum atomic E-state index is 12.7. The third-order valence-corrected chi connectivity index (χ3v) is 5.41. The number of likely N-dealkylation sites (tertiary alicyclic amines) is 1. The van der Waals surface area contributed by atoms with Crippen LogP contribution in [-0.4, -0.2) is 51.3 Å². The molecule has 1 aromatic carbocycles. The summed E-state index contributed by atoms with van der Waals surface area (Å²) in [5, 5.41) is 18.5. The van der Waals surface area contributed by atoms with Crippen molar-refractivity contribution in [2.75, 3.05) is 13.1 Å². The number of aliphatic hydroxyl groups excluding tert-OH is 1. The number of benzene rings is 1. The lowest BCUT2D eigenvalue weighted by molar-refractivity contribution is 0.0347. The lowest BCUT2D eigenvalue weighted by Gasteiger charge is -2.36. The fourth-order valence-corrected chi connectivity index (χ4v) is 3.73. The Morgan fingerprint density at radius 1 is 1.36 bits per heavy atom. The quantitative estimate of drug-likeness (QED) is 0.721. The minimum Gasteiger partial charge on any atom is -0.390 e. The van der Waals surface area contributed by atoms with Crippen LogP contribution in [0.3, 0.4) is 0 Å². The fraction of sp³-hybridized carbons (Fsp3) is 0.381. The number of hydrogen-bond donors (Lipinski definition) is 2. The lowest BCUT2D eigenvalue weighted by Crippen LogP contribution is -2.53. The topological polar surface area (TPSA) is 91.5 Å². The van der Waals surface area contributed by atoms with Gasteiger partial charge in [0.05, 0.1) is 23.4 Å². The Morgan fingerprint density at radius 2 is 2.21 bits per heavy atom. The smallest absolute Gasteiger partial charge is 0.251 e. The average Bonchev–Trinajstić information content (AvgIpc) is 3.01. The van der Waals surface area contributed by atoms with Crippen molar-refractivity contribution in [3.05, 3.63) is 59.1 Å². The molecule has 1 aliphatic rings. The minimum atomic E-state index is -0.625. The van der Waals surface area contributed by atoms with Gasteiger partial charge in [-0.15, -0.1) is 0 Å². The Bertz CT molecular complexity index is 981. The molecule has 1 amide bonds. The van der Waals surface area contributed by atoms with Gasteiger partial charge in [0.1, 0.15) is 5.76 Å². The van der Waals surface area contributed by atoms with Crippen molar-refractivity contribution in [1.82, 2.24) is 20.4 Å². The summed E-state index contributed by atoms with van der Waals surface area (Å²) in [5.74, 6) is 0.641. The number of hydrogen-bond acceptors (Lipinski definition) is 6. The molecule has 7 heteroatoms. The maximum absolute atomic E-state index is 12.7. The monoisotopic (exact) mass is 380 g/mol. The largest absolute Gasteiger partial charge is 0.390 e. The van der Waals surface area contributed by atoms with E-state index in [0.717, 1.165) is 34.5 Å². The van der Waals surface area contributed by atoms with E-state index in [-0.39, 0.29) is 11.9 Å². The van der Waals surface area contributed by atoms with Crippen molar-refractivity contribution in [2.45, 2.75) is 39.0 Å². The van der Waals surface area contributed by atoms with Crippen LogP contribution in [0.15, 0.2) is 41.1 Å². The van der Waals surface area contributed by atoms with Gasteiger partial charge in [-0.05, 0) is 44.5 Å². The van der Waals surface area contributed by atoms with Crippen molar-refractivity contribution in [3.8, 4) is 0 Å². The SMILES string of the molecule is Cc1noc(C)c1CN1CC[C@@H](NC(=O)c2ccc3ncccc3c2)[C@H](O)C1. The van der Waals surface area contributed by atoms with Gasteiger partial charge in [0.25, 0.3) is 5.91 Å². The zero-order chi connectivity index (χ0) is 19.7. The molecule has 4 rings (SSSR count). The average molecular weight is 380 g/mol. The number of aliphatic hydroxyl groups is 1. The second-order valence-corrected chi connectivity index (χ2v) is 7.38. The second-order valence-electron chi connectivity index (χ2n) is 7.38. The Hall–Kier alpha value is -2.77. The first-order chi connectivity index (χ1) is 13.5. The second kappa shape index (κ2) is 7.69. The molecule has 3 aromatic rings. The number of piperidine rings is 1. The number of carbonyl (C=O) groups excluding carboxylic acids is 1. The van der Waals surface area contributed by atoms with Crippen LogP contribution in [0.25, 0.3) is 10.9 Å².